The van der Waals surface area contributed by atoms with Gasteiger partial charge in [0.05, 0.1) is 12.2 Å². The van der Waals surface area contributed by atoms with Crippen LogP contribution in [0.5, 0.6) is 0 Å². The van der Waals surface area contributed by atoms with Gasteiger partial charge in [0.1, 0.15) is 6.61 Å². The molecule has 120 valence electrons. The van der Waals surface area contributed by atoms with Crippen molar-refractivity contribution >= 4 is 11.9 Å². The first-order valence-electron chi connectivity index (χ1n) is 5.81. The van der Waals surface area contributed by atoms with Gasteiger partial charge in [0, 0.05) is 12.2 Å². The first kappa shape index (κ1) is 17.6. The second-order valence-electron chi connectivity index (χ2n) is 3.74. The average Bonchev–Trinajstić information content (AvgIpc) is 2.49. The number of halogens is 5. The van der Waals surface area contributed by atoms with E-state index >= 15 is 0 Å². The Hall–Kier alpha value is -2.45. The summed E-state index contributed by atoms with van der Waals surface area (Å²) in [6.45, 7) is 0.383. The van der Waals surface area contributed by atoms with Crippen molar-refractivity contribution in [1.82, 2.24) is 0 Å². The van der Waals surface area contributed by atoms with E-state index < -0.39 is 53.2 Å². The standard InChI is InChI=1S/C13H9F5O4/c1-2-21-7(19)3-4-8(20)22-5-6-9(14)11(16)13(18)12(17)10(6)15/h3-4H,2,5H2,1H3/b4-3+. The number of carbonyl (C=O) groups is 2. The number of esters is 2. The van der Waals surface area contributed by atoms with Gasteiger partial charge < -0.3 is 9.47 Å². The Kier molecular flexibility index (Phi) is 6.02. The van der Waals surface area contributed by atoms with Crippen LogP contribution in [-0.2, 0) is 25.7 Å². The normalized spacial score (nSPS) is 10.8. The molecule has 0 aromatic heterocycles. The van der Waals surface area contributed by atoms with Gasteiger partial charge in [-0.3, -0.25) is 0 Å². The fourth-order valence-corrected chi connectivity index (χ4v) is 1.29. The lowest BCUT2D eigenvalue weighted by Crippen LogP contribution is -2.11. The molecule has 0 saturated carbocycles. The molecule has 22 heavy (non-hydrogen) atoms. The molecule has 0 spiro atoms. The van der Waals surface area contributed by atoms with E-state index in [2.05, 4.69) is 9.47 Å². The lowest BCUT2D eigenvalue weighted by atomic mass is 10.2. The Labute approximate surface area is 121 Å². The van der Waals surface area contributed by atoms with Crippen molar-refractivity contribution in [1.29, 1.82) is 0 Å². The van der Waals surface area contributed by atoms with Crippen LogP contribution >= 0.6 is 0 Å². The molecule has 0 bridgehead atoms. The van der Waals surface area contributed by atoms with E-state index in [4.69, 9.17) is 0 Å². The summed E-state index contributed by atoms with van der Waals surface area (Å²) in [5.74, 6) is -12.9. The maximum Gasteiger partial charge on any atom is 0.331 e. The monoisotopic (exact) mass is 324 g/mol. The molecule has 0 aliphatic carbocycles. The Morgan fingerprint density at radius 2 is 1.23 bits per heavy atom. The van der Waals surface area contributed by atoms with E-state index in [1.54, 1.807) is 0 Å². The van der Waals surface area contributed by atoms with E-state index in [1.165, 1.54) is 6.92 Å². The predicted molar refractivity (Wildman–Crippen MR) is 61.8 cm³/mol. The summed E-state index contributed by atoms with van der Waals surface area (Å²) in [5.41, 5.74) is -1.30. The zero-order chi connectivity index (χ0) is 16.9. The summed E-state index contributed by atoms with van der Waals surface area (Å²) >= 11 is 0. The molecule has 0 radical (unpaired) electrons. The third-order valence-electron chi connectivity index (χ3n) is 2.30. The SMILES string of the molecule is CCOC(=O)/C=C/C(=O)OCc1c(F)c(F)c(F)c(F)c1F. The van der Waals surface area contributed by atoms with Crippen molar-refractivity contribution in [3.05, 3.63) is 46.8 Å². The molecule has 0 amide bonds. The number of hydrogen-bond donors (Lipinski definition) is 0. The summed E-state index contributed by atoms with van der Waals surface area (Å²) < 4.78 is 73.8. The first-order chi connectivity index (χ1) is 10.3. The van der Waals surface area contributed by atoms with Crippen LogP contribution in [0.3, 0.4) is 0 Å². The van der Waals surface area contributed by atoms with Crippen LogP contribution in [0.15, 0.2) is 12.2 Å². The molecule has 1 rings (SSSR count). The topological polar surface area (TPSA) is 52.6 Å². The number of carbonyl (C=O) groups excluding carboxylic acids is 2. The molecule has 1 aromatic carbocycles. The minimum Gasteiger partial charge on any atom is -0.463 e. The van der Waals surface area contributed by atoms with Crippen LogP contribution in [0.4, 0.5) is 22.0 Å². The zero-order valence-electron chi connectivity index (χ0n) is 11.1. The molecule has 9 heteroatoms. The fourth-order valence-electron chi connectivity index (χ4n) is 1.29. The lowest BCUT2D eigenvalue weighted by molar-refractivity contribution is -0.141. The van der Waals surface area contributed by atoms with Gasteiger partial charge in [-0.05, 0) is 6.92 Å². The zero-order valence-corrected chi connectivity index (χ0v) is 11.1. The van der Waals surface area contributed by atoms with E-state index in [9.17, 15) is 31.5 Å². The molecule has 0 atom stereocenters. The van der Waals surface area contributed by atoms with Crippen LogP contribution < -0.4 is 0 Å². The van der Waals surface area contributed by atoms with Crippen LogP contribution in [0, 0.1) is 29.1 Å². The maximum absolute atomic E-state index is 13.3. The molecular formula is C13H9F5O4. The molecule has 0 heterocycles. The molecule has 0 aliphatic rings. The minimum atomic E-state index is -2.31. The van der Waals surface area contributed by atoms with Gasteiger partial charge in [0.25, 0.3) is 0 Å². The van der Waals surface area contributed by atoms with Crippen molar-refractivity contribution < 1.29 is 41.0 Å². The summed E-state index contributed by atoms with van der Waals surface area (Å²) in [4.78, 5) is 22.0. The highest BCUT2D eigenvalue weighted by Crippen LogP contribution is 2.23. The fraction of sp³-hybridized carbons (Fsp3) is 0.231. The van der Waals surface area contributed by atoms with Gasteiger partial charge in [0.15, 0.2) is 23.3 Å². The number of rotatable bonds is 5. The maximum atomic E-state index is 13.3. The summed E-state index contributed by atoms with van der Waals surface area (Å²) in [5, 5.41) is 0. The molecule has 1 aromatic rings. The molecule has 0 saturated heterocycles. The number of benzene rings is 1. The molecule has 4 nitrogen and oxygen atoms in total. The largest absolute Gasteiger partial charge is 0.463 e. The highest BCUT2D eigenvalue weighted by Gasteiger charge is 2.26. The number of hydrogen-bond acceptors (Lipinski definition) is 4. The van der Waals surface area contributed by atoms with Crippen molar-refractivity contribution in [2.75, 3.05) is 6.61 Å². The van der Waals surface area contributed by atoms with E-state index in [0.717, 1.165) is 0 Å². The number of ether oxygens (including phenoxy) is 2. The summed E-state index contributed by atoms with van der Waals surface area (Å²) in [7, 11) is 0. The Morgan fingerprint density at radius 1 is 0.818 bits per heavy atom. The molecular weight excluding hydrogens is 315 g/mol. The summed E-state index contributed by atoms with van der Waals surface area (Å²) in [6.07, 6.45) is 1.27. The summed E-state index contributed by atoms with van der Waals surface area (Å²) in [6, 6.07) is 0. The third-order valence-corrected chi connectivity index (χ3v) is 2.30. The average molecular weight is 324 g/mol. The molecule has 0 unspecified atom stereocenters. The van der Waals surface area contributed by atoms with Crippen LogP contribution in [0.25, 0.3) is 0 Å². The van der Waals surface area contributed by atoms with Gasteiger partial charge >= 0.3 is 11.9 Å². The Bertz CT molecular complexity index is 598. The van der Waals surface area contributed by atoms with Gasteiger partial charge in [-0.25, -0.2) is 31.5 Å². The molecule has 0 aliphatic heterocycles. The second kappa shape index (κ2) is 7.53. The van der Waals surface area contributed by atoms with Gasteiger partial charge in [-0.15, -0.1) is 0 Å². The van der Waals surface area contributed by atoms with E-state index in [1.807, 2.05) is 0 Å². The van der Waals surface area contributed by atoms with Crippen LogP contribution in [0.2, 0.25) is 0 Å². The van der Waals surface area contributed by atoms with Crippen molar-refractivity contribution in [2.45, 2.75) is 13.5 Å². The molecule has 0 fully saturated rings. The lowest BCUT2D eigenvalue weighted by Gasteiger charge is -2.08. The van der Waals surface area contributed by atoms with Gasteiger partial charge in [0.2, 0.25) is 5.82 Å². The third kappa shape index (κ3) is 4.03. The van der Waals surface area contributed by atoms with Crippen LogP contribution in [-0.4, -0.2) is 18.5 Å². The van der Waals surface area contributed by atoms with Gasteiger partial charge in [-0.2, -0.15) is 0 Å². The predicted octanol–water partition coefficient (Wildman–Crippen LogP) is 2.54. The van der Waals surface area contributed by atoms with E-state index in [-0.39, 0.29) is 6.61 Å². The second-order valence-corrected chi connectivity index (χ2v) is 3.74. The first-order valence-corrected chi connectivity index (χ1v) is 5.81. The Morgan fingerprint density at radius 3 is 1.68 bits per heavy atom. The highest BCUT2D eigenvalue weighted by molar-refractivity contribution is 5.91. The smallest absolute Gasteiger partial charge is 0.331 e. The van der Waals surface area contributed by atoms with E-state index in [0.29, 0.717) is 12.2 Å². The quantitative estimate of drug-likeness (QED) is 0.275. The van der Waals surface area contributed by atoms with Crippen LogP contribution in [0.1, 0.15) is 12.5 Å². The molecule has 0 N–H and O–H groups in total. The highest BCUT2D eigenvalue weighted by atomic mass is 19.2. The van der Waals surface area contributed by atoms with Crippen molar-refractivity contribution in [3.63, 3.8) is 0 Å². The Balaban J connectivity index is 2.81. The van der Waals surface area contributed by atoms with Gasteiger partial charge in [-0.1, -0.05) is 0 Å². The van der Waals surface area contributed by atoms with Crippen molar-refractivity contribution in [2.24, 2.45) is 0 Å². The van der Waals surface area contributed by atoms with Crippen molar-refractivity contribution in [3.8, 4) is 0 Å². The minimum absolute atomic E-state index is 0.0583.